The zero-order valence-corrected chi connectivity index (χ0v) is 18.3. The lowest BCUT2D eigenvalue weighted by Crippen LogP contribution is -1.79. The summed E-state index contributed by atoms with van der Waals surface area (Å²) in [5, 5.41) is 9.67. The second kappa shape index (κ2) is 8.16. The highest BCUT2D eigenvalue weighted by Crippen LogP contribution is 2.28. The van der Waals surface area contributed by atoms with Crippen LogP contribution in [0.3, 0.4) is 0 Å². The van der Waals surface area contributed by atoms with Crippen LogP contribution in [0.15, 0.2) is 71.9 Å². The average Bonchev–Trinajstić information content (AvgIpc) is 3.50. The number of hydrogen-bond donors (Lipinski definition) is 0. The average molecular weight is 471 g/mol. The van der Waals surface area contributed by atoms with Crippen LogP contribution in [0.2, 0.25) is 10.0 Å². The van der Waals surface area contributed by atoms with Crippen molar-refractivity contribution in [1.82, 2.24) is 29.2 Å². The van der Waals surface area contributed by atoms with E-state index in [1.165, 1.54) is 22.7 Å². The predicted octanol–water partition coefficient (Wildman–Crippen LogP) is 6.22. The van der Waals surface area contributed by atoms with Gasteiger partial charge < -0.3 is 0 Å². The van der Waals surface area contributed by atoms with Gasteiger partial charge in [0.15, 0.2) is 0 Å². The van der Waals surface area contributed by atoms with Crippen molar-refractivity contribution in [1.29, 1.82) is 0 Å². The van der Waals surface area contributed by atoms with E-state index in [1.54, 1.807) is 20.1 Å². The van der Waals surface area contributed by atoms with Crippen molar-refractivity contribution in [3.63, 3.8) is 0 Å². The lowest BCUT2D eigenvalue weighted by Gasteiger charge is -1.97. The van der Waals surface area contributed by atoms with Crippen molar-refractivity contribution in [3.05, 3.63) is 82.0 Å². The van der Waals surface area contributed by atoms with Gasteiger partial charge in [-0.3, -0.25) is 0 Å². The second-order valence-corrected chi connectivity index (χ2v) is 8.58. The fraction of sp³-hybridized carbons (Fsp3) is 0. The summed E-state index contributed by atoms with van der Waals surface area (Å²) in [4.78, 5) is 10.6. The first kappa shape index (κ1) is 19.2. The van der Waals surface area contributed by atoms with E-state index in [0.717, 1.165) is 32.4 Å². The molecule has 10 heteroatoms. The molecule has 0 radical (unpaired) electrons. The highest BCUT2D eigenvalue weighted by atomic mass is 35.5. The van der Waals surface area contributed by atoms with Gasteiger partial charge in [-0.2, -0.15) is 10.2 Å². The molecular weight excluding hydrogens is 459 g/mol. The molecule has 6 nitrogen and oxygen atoms in total. The number of nitrogens with zero attached hydrogens (tertiary/aromatic N) is 6. The van der Waals surface area contributed by atoms with Crippen LogP contribution < -0.4 is 0 Å². The Bertz CT molecular complexity index is 1280. The Kier molecular flexibility index (Phi) is 5.22. The van der Waals surface area contributed by atoms with Crippen molar-refractivity contribution in [3.8, 4) is 22.5 Å². The van der Waals surface area contributed by atoms with Gasteiger partial charge in [0.2, 0.25) is 9.92 Å². The third kappa shape index (κ3) is 3.70. The molecule has 30 heavy (non-hydrogen) atoms. The Hall–Kier alpha value is -2.78. The van der Waals surface area contributed by atoms with E-state index >= 15 is 0 Å². The molecule has 0 spiro atoms. The molecule has 0 unspecified atom stereocenters. The normalized spacial score (nSPS) is 11.0. The summed E-state index contributed by atoms with van der Waals surface area (Å²) in [5.41, 5.74) is 7.13. The maximum absolute atomic E-state index is 6.09. The van der Waals surface area contributed by atoms with Crippen LogP contribution in [0.5, 0.6) is 0 Å². The first-order valence-electron chi connectivity index (χ1n) is 8.76. The van der Waals surface area contributed by atoms with Crippen LogP contribution in [0, 0.1) is 0 Å². The Morgan fingerprint density at radius 3 is 1.47 bits per heavy atom. The van der Waals surface area contributed by atoms with Crippen molar-refractivity contribution < 1.29 is 0 Å². The zero-order valence-electron chi connectivity index (χ0n) is 15.2. The predicted molar refractivity (Wildman–Crippen MR) is 123 cm³/mol. The summed E-state index contributed by atoms with van der Waals surface area (Å²) < 4.78 is 3.51. The largest absolute Gasteiger partial charge is 0.217 e. The van der Waals surface area contributed by atoms with Gasteiger partial charge >= 0.3 is 0 Å². The van der Waals surface area contributed by atoms with Crippen molar-refractivity contribution in [2.45, 2.75) is 0 Å². The maximum Gasteiger partial charge on any atom is 0.212 e. The Morgan fingerprint density at radius 1 is 0.633 bits per heavy atom. The molecule has 6 rings (SSSR count). The fourth-order valence-corrected chi connectivity index (χ4v) is 4.54. The standard InChI is InChI=1S/2C10H6ClN3S/c2*11-8-4-2-1-3-7(8)9-5-14-10(13-9)15-6-12-14/h2*1-6H. The number of hydrogen-bond acceptors (Lipinski definition) is 6. The lowest BCUT2D eigenvalue weighted by molar-refractivity contribution is 0.974. The molecule has 0 aliphatic rings. The van der Waals surface area contributed by atoms with Gasteiger partial charge in [-0.1, -0.05) is 82.3 Å². The monoisotopic (exact) mass is 470 g/mol. The minimum Gasteiger partial charge on any atom is -0.217 e. The van der Waals surface area contributed by atoms with Gasteiger partial charge in [0, 0.05) is 11.1 Å². The van der Waals surface area contributed by atoms with E-state index in [-0.39, 0.29) is 0 Å². The number of benzene rings is 2. The van der Waals surface area contributed by atoms with E-state index in [4.69, 9.17) is 23.2 Å². The SMILES string of the molecule is Clc1ccccc1-c1cn2ncsc2n1.Clc1ccccc1-c1cn2ncsc2n1. The second-order valence-electron chi connectivity index (χ2n) is 6.14. The Labute approximate surface area is 189 Å². The molecule has 148 valence electrons. The molecule has 0 bridgehead atoms. The number of aromatic nitrogens is 6. The van der Waals surface area contributed by atoms with Gasteiger partial charge in [-0.05, 0) is 12.1 Å². The van der Waals surface area contributed by atoms with Crippen LogP contribution in [0.25, 0.3) is 32.4 Å². The van der Waals surface area contributed by atoms with Crippen LogP contribution in [0.1, 0.15) is 0 Å². The first-order chi connectivity index (χ1) is 14.7. The first-order valence-corrected chi connectivity index (χ1v) is 11.3. The summed E-state index contributed by atoms with van der Waals surface area (Å²) in [7, 11) is 0. The van der Waals surface area contributed by atoms with E-state index in [9.17, 15) is 0 Å². The quantitative estimate of drug-likeness (QED) is 0.301. The molecule has 0 fully saturated rings. The van der Waals surface area contributed by atoms with Crippen LogP contribution >= 0.6 is 45.9 Å². The smallest absolute Gasteiger partial charge is 0.212 e. The molecule has 2 aromatic carbocycles. The zero-order chi connectivity index (χ0) is 20.5. The van der Waals surface area contributed by atoms with E-state index < -0.39 is 0 Å². The number of fused-ring (bicyclic) bond motifs is 2. The summed E-state index contributed by atoms with van der Waals surface area (Å²) in [6.07, 6.45) is 3.76. The van der Waals surface area contributed by atoms with Gasteiger partial charge in [0.05, 0.1) is 33.8 Å². The molecule has 4 heterocycles. The van der Waals surface area contributed by atoms with Gasteiger partial charge in [-0.25, -0.2) is 19.0 Å². The minimum atomic E-state index is 0.711. The molecule has 0 saturated carbocycles. The summed E-state index contributed by atoms with van der Waals surface area (Å²) in [6, 6.07) is 15.3. The third-order valence-corrected chi connectivity index (χ3v) is 6.31. The van der Waals surface area contributed by atoms with Crippen molar-refractivity contribution in [2.75, 3.05) is 0 Å². The van der Waals surface area contributed by atoms with Crippen molar-refractivity contribution in [2.24, 2.45) is 0 Å². The topological polar surface area (TPSA) is 60.4 Å². The molecule has 0 N–H and O–H groups in total. The molecule has 4 aromatic heterocycles. The minimum absolute atomic E-state index is 0.711. The number of rotatable bonds is 2. The van der Waals surface area contributed by atoms with Gasteiger partial charge in [-0.15, -0.1) is 0 Å². The summed E-state index contributed by atoms with van der Waals surface area (Å²) in [6.45, 7) is 0. The van der Waals surface area contributed by atoms with E-state index in [1.807, 2.05) is 60.9 Å². The fourth-order valence-electron chi connectivity index (χ4n) is 2.87. The maximum atomic E-state index is 6.09. The molecule has 0 amide bonds. The van der Waals surface area contributed by atoms with Crippen LogP contribution in [0.4, 0.5) is 0 Å². The molecule has 6 aromatic rings. The van der Waals surface area contributed by atoms with Gasteiger partial charge in [0.25, 0.3) is 0 Å². The number of imidazole rings is 2. The highest BCUT2D eigenvalue weighted by molar-refractivity contribution is 7.15. The summed E-state index contributed by atoms with van der Waals surface area (Å²) >= 11 is 15.2. The molecule has 0 aliphatic carbocycles. The van der Waals surface area contributed by atoms with Crippen LogP contribution in [-0.2, 0) is 0 Å². The number of halogens is 2. The molecule has 0 aliphatic heterocycles. The summed E-state index contributed by atoms with van der Waals surface area (Å²) in [5.74, 6) is 0. The van der Waals surface area contributed by atoms with Gasteiger partial charge in [0.1, 0.15) is 11.0 Å². The Balaban J connectivity index is 0.000000128. The van der Waals surface area contributed by atoms with E-state index in [0.29, 0.717) is 10.0 Å². The van der Waals surface area contributed by atoms with Crippen LogP contribution in [-0.4, -0.2) is 29.2 Å². The van der Waals surface area contributed by atoms with E-state index in [2.05, 4.69) is 20.2 Å². The highest BCUT2D eigenvalue weighted by Gasteiger charge is 2.09. The molecule has 0 atom stereocenters. The third-order valence-electron chi connectivity index (χ3n) is 4.27. The lowest BCUT2D eigenvalue weighted by atomic mass is 10.2. The van der Waals surface area contributed by atoms with Crippen molar-refractivity contribution >= 4 is 55.8 Å². The molecule has 0 saturated heterocycles. The Morgan fingerprint density at radius 2 is 1.07 bits per heavy atom. The molecular formula is C20H12Cl2N6S2.